The van der Waals surface area contributed by atoms with Gasteiger partial charge in [0, 0.05) is 44.9 Å². The van der Waals surface area contributed by atoms with Crippen molar-refractivity contribution >= 4 is 29.8 Å². The molecule has 0 saturated carbocycles. The number of morpholine rings is 1. The van der Waals surface area contributed by atoms with Gasteiger partial charge in [0.2, 0.25) is 11.8 Å². The molecule has 3 aromatic carbocycles. The van der Waals surface area contributed by atoms with Crippen LogP contribution in [0.2, 0.25) is 0 Å². The van der Waals surface area contributed by atoms with Gasteiger partial charge >= 0.3 is 12.1 Å². The smallest absolute Gasteiger partial charge is 0.426 e. The van der Waals surface area contributed by atoms with E-state index in [0.29, 0.717) is 37.2 Å². The number of hydrogen-bond donors (Lipinski definition) is 4. The third kappa shape index (κ3) is 11.9. The Balaban J connectivity index is 1.89. The van der Waals surface area contributed by atoms with E-state index in [9.17, 15) is 24.3 Å². The average molecular weight is 772 g/mol. The normalized spacial score (nSPS) is 15.1. The van der Waals surface area contributed by atoms with E-state index >= 15 is 4.79 Å². The van der Waals surface area contributed by atoms with Crippen LogP contribution in [0.5, 0.6) is 0 Å². The number of nitrogens with zero attached hydrogens (tertiary/aromatic N) is 2. The van der Waals surface area contributed by atoms with Gasteiger partial charge in [0.1, 0.15) is 11.6 Å². The van der Waals surface area contributed by atoms with E-state index in [-0.39, 0.29) is 32.4 Å². The van der Waals surface area contributed by atoms with E-state index in [1.165, 1.54) is 4.90 Å². The first kappa shape index (κ1) is 43.5. The number of imide groups is 1. The molecular formula is C43H57N5O8. The Morgan fingerprint density at radius 3 is 2.14 bits per heavy atom. The lowest BCUT2D eigenvalue weighted by Crippen LogP contribution is -2.72. The van der Waals surface area contributed by atoms with E-state index in [1.807, 2.05) is 67.6 Å². The number of unbranched alkanes of at least 4 members (excludes halogenated alkanes) is 2. The molecule has 0 bridgehead atoms. The van der Waals surface area contributed by atoms with Crippen LogP contribution in [0.3, 0.4) is 0 Å². The lowest BCUT2D eigenvalue weighted by Gasteiger charge is -2.46. The van der Waals surface area contributed by atoms with Crippen molar-refractivity contribution in [2.75, 3.05) is 32.9 Å². The molecule has 6 amide bonds. The molecule has 0 aliphatic carbocycles. The van der Waals surface area contributed by atoms with Crippen molar-refractivity contribution in [2.45, 2.75) is 90.3 Å². The highest BCUT2D eigenvalue weighted by Gasteiger charge is 2.53. The van der Waals surface area contributed by atoms with Crippen LogP contribution in [-0.4, -0.2) is 95.0 Å². The van der Waals surface area contributed by atoms with Gasteiger partial charge in [-0.25, -0.2) is 20.0 Å². The fourth-order valence-electron chi connectivity index (χ4n) is 6.69. The summed E-state index contributed by atoms with van der Waals surface area (Å²) in [4.78, 5) is 72.4. The Morgan fingerprint density at radius 2 is 1.52 bits per heavy atom. The van der Waals surface area contributed by atoms with Crippen molar-refractivity contribution in [3.8, 4) is 11.1 Å². The number of benzene rings is 3. The van der Waals surface area contributed by atoms with Crippen molar-refractivity contribution in [2.24, 2.45) is 5.92 Å². The summed E-state index contributed by atoms with van der Waals surface area (Å²) in [6.45, 7) is 9.29. The molecule has 1 fully saturated rings. The molecule has 0 spiro atoms. The number of carbonyl (C=O) groups excluding carboxylic acids is 5. The van der Waals surface area contributed by atoms with E-state index in [1.54, 1.807) is 52.0 Å². The molecule has 3 atom stereocenters. The van der Waals surface area contributed by atoms with E-state index in [2.05, 4.69) is 16.1 Å². The molecule has 2 unspecified atom stereocenters. The number of ether oxygens (including phenoxy) is 2. The Bertz CT molecular complexity index is 1760. The fourth-order valence-corrected chi connectivity index (χ4v) is 6.69. The maximum Gasteiger partial charge on any atom is 0.426 e. The van der Waals surface area contributed by atoms with Crippen LogP contribution in [0, 0.1) is 5.92 Å². The van der Waals surface area contributed by atoms with Crippen molar-refractivity contribution in [3.05, 3.63) is 96.1 Å². The molecular weight excluding hydrogens is 715 g/mol. The lowest BCUT2D eigenvalue weighted by atomic mass is 9.76. The molecule has 1 aliphatic rings. The predicted octanol–water partition coefficient (Wildman–Crippen LogP) is 5.41. The molecule has 56 heavy (non-hydrogen) atoms. The minimum Gasteiger partial charge on any atom is -0.443 e. The molecule has 13 nitrogen and oxygen atoms in total. The Labute approximate surface area is 330 Å². The van der Waals surface area contributed by atoms with E-state index in [0.717, 1.165) is 22.6 Å². The van der Waals surface area contributed by atoms with Crippen LogP contribution in [0.4, 0.5) is 9.59 Å². The number of hydrogen-bond acceptors (Lipinski definition) is 8. The summed E-state index contributed by atoms with van der Waals surface area (Å²) >= 11 is 0. The minimum absolute atomic E-state index is 0.0110. The second kappa shape index (κ2) is 20.6. The van der Waals surface area contributed by atoms with Crippen LogP contribution >= 0.6 is 0 Å². The summed E-state index contributed by atoms with van der Waals surface area (Å²) in [5.74, 6) is -3.19. The van der Waals surface area contributed by atoms with Crippen LogP contribution in [0.1, 0.15) is 71.4 Å². The zero-order valence-electron chi connectivity index (χ0n) is 33.2. The van der Waals surface area contributed by atoms with Gasteiger partial charge in [-0.3, -0.25) is 19.7 Å². The SMILES string of the molecule is CCCCCC(=O)N(NC(=O)OC(C)(C)C)[C@](Cc1ccccc1-c1ccccc1)(C(=O)NC(Cc1ccccc1)C(=O)NC(=O)N1CCOCC1)C(C)CO. The fraction of sp³-hybridized carbons (Fsp3) is 0.465. The zero-order valence-corrected chi connectivity index (χ0v) is 33.2. The second-order valence-electron chi connectivity index (χ2n) is 15.1. The number of nitrogens with one attached hydrogen (secondary N) is 3. The highest BCUT2D eigenvalue weighted by atomic mass is 16.6. The summed E-state index contributed by atoms with van der Waals surface area (Å²) in [6.07, 6.45) is 0.796. The van der Waals surface area contributed by atoms with Crippen LogP contribution in [0.25, 0.3) is 11.1 Å². The van der Waals surface area contributed by atoms with Gasteiger partial charge in [-0.2, -0.15) is 0 Å². The molecule has 1 saturated heterocycles. The summed E-state index contributed by atoms with van der Waals surface area (Å²) in [6, 6.07) is 24.0. The Kier molecular flexibility index (Phi) is 16.0. The molecule has 0 aromatic heterocycles. The standard InChI is InChI=1S/C43H57N5O8/c1-6-7-10-23-37(50)48(46-41(54)56-42(3,4)5)43(31(2)30-49,29-34-21-15-16-22-35(34)33-19-13-9-14-20-33)39(52)44-36(28-32-17-11-8-12-18-32)38(51)45-40(53)47-24-26-55-27-25-47/h8-9,11-22,31,36,49H,6-7,10,23-30H2,1-5H3,(H,44,52)(H,46,54)(H,45,51,53)/t31?,36?,43-/m0/s1. The number of carbonyl (C=O) groups is 5. The Hall–Kier alpha value is -5.27. The van der Waals surface area contributed by atoms with Gasteiger partial charge in [0.25, 0.3) is 5.91 Å². The number of aliphatic hydroxyl groups is 1. The zero-order chi connectivity index (χ0) is 40.7. The lowest BCUT2D eigenvalue weighted by molar-refractivity contribution is -0.159. The quantitative estimate of drug-likeness (QED) is 0.118. The van der Waals surface area contributed by atoms with Gasteiger partial charge in [-0.05, 0) is 49.4 Å². The molecule has 1 aliphatic heterocycles. The largest absolute Gasteiger partial charge is 0.443 e. The second-order valence-corrected chi connectivity index (χ2v) is 15.1. The summed E-state index contributed by atoms with van der Waals surface area (Å²) in [5, 5.41) is 17.3. The number of aliphatic hydroxyl groups excluding tert-OH is 1. The molecule has 4 rings (SSSR count). The minimum atomic E-state index is -2.04. The van der Waals surface area contributed by atoms with Gasteiger partial charge < -0.3 is 24.8 Å². The first-order valence-electron chi connectivity index (χ1n) is 19.4. The molecule has 3 aromatic rings. The number of amides is 6. The van der Waals surface area contributed by atoms with E-state index < -0.39 is 59.6 Å². The van der Waals surface area contributed by atoms with E-state index in [4.69, 9.17) is 9.47 Å². The average Bonchev–Trinajstić information content (AvgIpc) is 3.19. The first-order chi connectivity index (χ1) is 26.8. The Morgan fingerprint density at radius 1 is 0.893 bits per heavy atom. The van der Waals surface area contributed by atoms with Crippen molar-refractivity contribution in [1.29, 1.82) is 0 Å². The number of urea groups is 1. The number of rotatable bonds is 15. The molecule has 1 heterocycles. The third-order valence-corrected chi connectivity index (χ3v) is 9.72. The van der Waals surface area contributed by atoms with Gasteiger partial charge in [0.05, 0.1) is 13.2 Å². The van der Waals surface area contributed by atoms with Crippen LogP contribution in [0.15, 0.2) is 84.9 Å². The van der Waals surface area contributed by atoms with Crippen molar-refractivity contribution < 1.29 is 38.6 Å². The van der Waals surface area contributed by atoms with Crippen molar-refractivity contribution in [3.63, 3.8) is 0 Å². The highest BCUT2D eigenvalue weighted by molar-refractivity contribution is 6.01. The first-order valence-corrected chi connectivity index (χ1v) is 19.4. The van der Waals surface area contributed by atoms with Crippen LogP contribution in [-0.2, 0) is 36.7 Å². The highest BCUT2D eigenvalue weighted by Crippen LogP contribution is 2.35. The van der Waals surface area contributed by atoms with Crippen LogP contribution < -0.4 is 16.1 Å². The number of hydrazine groups is 1. The molecule has 4 N–H and O–H groups in total. The summed E-state index contributed by atoms with van der Waals surface area (Å²) in [5.41, 5.74) is 2.57. The molecule has 302 valence electrons. The molecule has 13 heteroatoms. The molecule has 0 radical (unpaired) electrons. The van der Waals surface area contributed by atoms with Gasteiger partial charge in [-0.15, -0.1) is 0 Å². The topological polar surface area (TPSA) is 167 Å². The third-order valence-electron chi connectivity index (χ3n) is 9.72. The van der Waals surface area contributed by atoms with Gasteiger partial charge in [0.15, 0.2) is 5.54 Å². The maximum absolute atomic E-state index is 15.5. The maximum atomic E-state index is 15.5. The predicted molar refractivity (Wildman–Crippen MR) is 213 cm³/mol. The van der Waals surface area contributed by atoms with Crippen molar-refractivity contribution in [1.82, 2.24) is 26.0 Å². The van der Waals surface area contributed by atoms with Gasteiger partial charge in [-0.1, -0.05) is 112 Å². The summed E-state index contributed by atoms with van der Waals surface area (Å²) < 4.78 is 11.0. The monoisotopic (exact) mass is 771 g/mol. The summed E-state index contributed by atoms with van der Waals surface area (Å²) in [7, 11) is 0.